The summed E-state index contributed by atoms with van der Waals surface area (Å²) in [6.07, 6.45) is 0. The van der Waals surface area contributed by atoms with Crippen LogP contribution in [0.25, 0.3) is 0 Å². The summed E-state index contributed by atoms with van der Waals surface area (Å²) in [6.45, 7) is 1.67. The third kappa shape index (κ3) is 3.06. The van der Waals surface area contributed by atoms with Gasteiger partial charge in [0.1, 0.15) is 11.9 Å². The second-order valence-corrected chi connectivity index (χ2v) is 6.19. The number of aryl methyl sites for hydroxylation is 1. The fourth-order valence-electron chi connectivity index (χ4n) is 1.82. The van der Waals surface area contributed by atoms with Crippen molar-refractivity contribution in [3.8, 4) is 0 Å². The Hall–Kier alpha value is -1.28. The van der Waals surface area contributed by atoms with Gasteiger partial charge in [0.2, 0.25) is 0 Å². The van der Waals surface area contributed by atoms with Gasteiger partial charge in [-0.1, -0.05) is 0 Å². The monoisotopic (exact) mass is 362 g/mol. The van der Waals surface area contributed by atoms with E-state index in [1.165, 1.54) is 28.8 Å². The number of nitrogens with one attached hydrogen (secondary N) is 1. The third-order valence-corrected chi connectivity index (χ3v) is 4.56. The molecular formula is C12H12BrFN2O3S. The minimum absolute atomic E-state index is 0.240. The van der Waals surface area contributed by atoms with E-state index in [2.05, 4.69) is 21.2 Å². The van der Waals surface area contributed by atoms with Crippen molar-refractivity contribution in [2.75, 3.05) is 16.9 Å². The summed E-state index contributed by atoms with van der Waals surface area (Å²) in [5, 5.41) is 11.7. The number of hydrogen-bond donors (Lipinski definition) is 2. The van der Waals surface area contributed by atoms with Crippen molar-refractivity contribution in [1.29, 1.82) is 0 Å². The van der Waals surface area contributed by atoms with E-state index >= 15 is 0 Å². The number of hydrogen-bond acceptors (Lipinski definition) is 3. The smallest absolute Gasteiger partial charge is 0.327 e. The number of anilines is 1. The zero-order valence-electron chi connectivity index (χ0n) is 10.5. The topological polar surface area (TPSA) is 69.6 Å². The number of halogens is 2. The van der Waals surface area contributed by atoms with E-state index in [9.17, 15) is 14.0 Å². The second-order valence-electron chi connectivity index (χ2n) is 4.34. The molecule has 0 radical (unpaired) electrons. The van der Waals surface area contributed by atoms with Gasteiger partial charge in [-0.3, -0.25) is 0 Å². The Morgan fingerprint density at radius 2 is 2.25 bits per heavy atom. The van der Waals surface area contributed by atoms with E-state index < -0.39 is 23.9 Å². The molecule has 1 saturated heterocycles. The van der Waals surface area contributed by atoms with Crippen LogP contribution in [-0.2, 0) is 4.79 Å². The maximum atomic E-state index is 13.3. The van der Waals surface area contributed by atoms with Gasteiger partial charge in [-0.2, -0.15) is 0 Å². The molecule has 2 rings (SSSR count). The second kappa shape index (κ2) is 6.01. The molecule has 20 heavy (non-hydrogen) atoms. The van der Waals surface area contributed by atoms with Crippen LogP contribution in [0.15, 0.2) is 16.6 Å². The lowest BCUT2D eigenvalue weighted by molar-refractivity contribution is -0.140. The minimum Gasteiger partial charge on any atom is -0.480 e. The van der Waals surface area contributed by atoms with Gasteiger partial charge in [0, 0.05) is 11.4 Å². The number of amides is 2. The highest BCUT2D eigenvalue weighted by molar-refractivity contribution is 9.10. The summed E-state index contributed by atoms with van der Waals surface area (Å²) in [5.74, 6) is -0.748. The summed E-state index contributed by atoms with van der Waals surface area (Å²) in [5.41, 5.74) is 1.02. The van der Waals surface area contributed by atoms with Crippen molar-refractivity contribution >= 4 is 45.4 Å². The average molecular weight is 363 g/mol. The van der Waals surface area contributed by atoms with Gasteiger partial charge in [0.25, 0.3) is 0 Å². The highest BCUT2D eigenvalue weighted by Gasteiger charge is 2.34. The van der Waals surface area contributed by atoms with Crippen molar-refractivity contribution in [1.82, 2.24) is 4.90 Å². The van der Waals surface area contributed by atoms with Gasteiger partial charge in [-0.05, 0) is 40.5 Å². The van der Waals surface area contributed by atoms with Crippen LogP contribution in [0.5, 0.6) is 0 Å². The summed E-state index contributed by atoms with van der Waals surface area (Å²) < 4.78 is 13.6. The predicted octanol–water partition coefficient (Wildman–Crippen LogP) is 2.89. The van der Waals surface area contributed by atoms with Crippen molar-refractivity contribution in [3.05, 3.63) is 28.0 Å². The lowest BCUT2D eigenvalue weighted by Crippen LogP contribution is -2.44. The Kier molecular flexibility index (Phi) is 4.54. The zero-order valence-corrected chi connectivity index (χ0v) is 12.9. The Morgan fingerprint density at radius 3 is 2.90 bits per heavy atom. The molecule has 1 aromatic carbocycles. The lowest BCUT2D eigenvalue weighted by Gasteiger charge is -2.21. The molecule has 0 bridgehead atoms. The van der Waals surface area contributed by atoms with Crippen LogP contribution in [0.1, 0.15) is 5.56 Å². The van der Waals surface area contributed by atoms with E-state index in [4.69, 9.17) is 5.11 Å². The number of rotatable bonds is 2. The first-order chi connectivity index (χ1) is 9.40. The molecule has 8 heteroatoms. The van der Waals surface area contributed by atoms with Gasteiger partial charge in [-0.15, -0.1) is 11.8 Å². The maximum absolute atomic E-state index is 13.3. The molecule has 1 fully saturated rings. The van der Waals surface area contributed by atoms with Crippen LogP contribution >= 0.6 is 27.7 Å². The van der Waals surface area contributed by atoms with E-state index in [1.54, 1.807) is 6.92 Å². The van der Waals surface area contributed by atoms with Crippen LogP contribution in [0.4, 0.5) is 14.9 Å². The quantitative estimate of drug-likeness (QED) is 0.848. The molecular weight excluding hydrogens is 351 g/mol. The number of aliphatic carboxylic acids is 1. The molecule has 0 spiro atoms. The Bertz CT molecular complexity index is 570. The minimum atomic E-state index is -1.03. The van der Waals surface area contributed by atoms with Crippen molar-refractivity contribution in [2.45, 2.75) is 13.0 Å². The lowest BCUT2D eigenvalue weighted by atomic mass is 10.2. The van der Waals surface area contributed by atoms with Gasteiger partial charge >= 0.3 is 12.0 Å². The molecule has 1 unspecified atom stereocenters. The molecule has 1 atom stereocenters. The summed E-state index contributed by atoms with van der Waals surface area (Å²) in [4.78, 5) is 24.4. The van der Waals surface area contributed by atoms with E-state index in [1.807, 2.05) is 0 Å². The number of carboxylic acid groups (broad SMARTS) is 1. The fourth-order valence-corrected chi connectivity index (χ4v) is 3.30. The molecule has 1 aromatic rings. The normalized spacial score (nSPS) is 18.1. The van der Waals surface area contributed by atoms with Gasteiger partial charge in [-0.25, -0.2) is 14.0 Å². The predicted molar refractivity (Wildman–Crippen MR) is 78.4 cm³/mol. The van der Waals surface area contributed by atoms with Crippen LogP contribution in [-0.4, -0.2) is 39.7 Å². The van der Waals surface area contributed by atoms with Gasteiger partial charge < -0.3 is 15.3 Å². The molecule has 1 aliphatic heterocycles. The first-order valence-corrected chi connectivity index (χ1v) is 7.68. The first-order valence-electron chi connectivity index (χ1n) is 5.74. The molecule has 5 nitrogen and oxygen atoms in total. The molecule has 2 amide bonds. The third-order valence-electron chi connectivity index (χ3n) is 2.94. The molecule has 108 valence electrons. The van der Waals surface area contributed by atoms with E-state index in [0.717, 1.165) is 0 Å². The first kappa shape index (κ1) is 15.1. The molecule has 1 heterocycles. The number of carbonyl (C=O) groups is 2. The Labute approximate surface area is 127 Å². The van der Waals surface area contributed by atoms with Crippen LogP contribution in [0, 0.1) is 12.7 Å². The van der Waals surface area contributed by atoms with Gasteiger partial charge in [0.15, 0.2) is 0 Å². The summed E-state index contributed by atoms with van der Waals surface area (Å²) in [6, 6.07) is 1.43. The standard InChI is InChI=1S/C12H12BrFN2O3S/c1-6-2-8(14)7(13)3-9(6)15-12(19)16-5-20-4-10(16)11(17)18/h2-3,10H,4-5H2,1H3,(H,15,19)(H,17,18). The Morgan fingerprint density at radius 1 is 1.55 bits per heavy atom. The zero-order chi connectivity index (χ0) is 14.9. The number of thioether (sulfide) groups is 1. The average Bonchev–Trinajstić information content (AvgIpc) is 2.85. The van der Waals surface area contributed by atoms with E-state index in [-0.39, 0.29) is 4.47 Å². The van der Waals surface area contributed by atoms with E-state index in [0.29, 0.717) is 22.9 Å². The Balaban J connectivity index is 2.16. The molecule has 1 aliphatic rings. The van der Waals surface area contributed by atoms with Crippen LogP contribution in [0.2, 0.25) is 0 Å². The molecule has 0 saturated carbocycles. The number of urea groups is 1. The molecule has 0 aliphatic carbocycles. The maximum Gasteiger partial charge on any atom is 0.327 e. The summed E-state index contributed by atoms with van der Waals surface area (Å²) >= 11 is 4.43. The largest absolute Gasteiger partial charge is 0.480 e. The van der Waals surface area contributed by atoms with Crippen molar-refractivity contribution in [3.63, 3.8) is 0 Å². The number of nitrogens with zero attached hydrogens (tertiary/aromatic N) is 1. The van der Waals surface area contributed by atoms with Gasteiger partial charge in [0.05, 0.1) is 10.3 Å². The molecule has 0 aromatic heterocycles. The van der Waals surface area contributed by atoms with Crippen molar-refractivity contribution < 1.29 is 19.1 Å². The SMILES string of the molecule is Cc1cc(F)c(Br)cc1NC(=O)N1CSCC1C(=O)O. The molecule has 2 N–H and O–H groups in total. The van der Waals surface area contributed by atoms with Crippen LogP contribution in [0.3, 0.4) is 0 Å². The number of benzene rings is 1. The van der Waals surface area contributed by atoms with Crippen LogP contribution < -0.4 is 5.32 Å². The van der Waals surface area contributed by atoms with Crippen molar-refractivity contribution in [2.24, 2.45) is 0 Å². The highest BCUT2D eigenvalue weighted by Crippen LogP contribution is 2.26. The number of carbonyl (C=O) groups excluding carboxylic acids is 1. The number of carboxylic acids is 1. The summed E-state index contributed by atoms with van der Waals surface area (Å²) in [7, 11) is 0. The fraction of sp³-hybridized carbons (Fsp3) is 0.333. The highest BCUT2D eigenvalue weighted by atomic mass is 79.9.